The van der Waals surface area contributed by atoms with Crippen molar-refractivity contribution < 1.29 is 4.79 Å². The van der Waals surface area contributed by atoms with Crippen molar-refractivity contribution in [3.05, 3.63) is 0 Å². The van der Waals surface area contributed by atoms with E-state index in [0.717, 1.165) is 12.8 Å². The number of nitrogens with one attached hydrogen (secondary N) is 1. The van der Waals surface area contributed by atoms with Crippen molar-refractivity contribution in [2.75, 3.05) is 0 Å². The normalized spacial score (nSPS) is 16.5. The second-order valence-corrected chi connectivity index (χ2v) is 10.1. The molecule has 0 aromatic heterocycles. The van der Waals surface area contributed by atoms with Crippen LogP contribution < -0.4 is 5.32 Å². The lowest BCUT2D eigenvalue weighted by molar-refractivity contribution is -0.127. The lowest BCUT2D eigenvalue weighted by atomic mass is 9.72. The second-order valence-electron chi connectivity index (χ2n) is 10.1. The third-order valence-electron chi connectivity index (χ3n) is 5.56. The summed E-state index contributed by atoms with van der Waals surface area (Å²) < 4.78 is 0. The van der Waals surface area contributed by atoms with Gasteiger partial charge in [-0.3, -0.25) is 4.79 Å². The predicted molar refractivity (Wildman–Crippen MR) is 97.9 cm³/mol. The minimum atomic E-state index is -0.163. The Morgan fingerprint density at radius 2 is 1.36 bits per heavy atom. The van der Waals surface area contributed by atoms with Crippen LogP contribution in [-0.4, -0.2) is 11.4 Å². The van der Waals surface area contributed by atoms with Crippen LogP contribution in [0.15, 0.2) is 0 Å². The Morgan fingerprint density at radius 1 is 0.909 bits per heavy atom. The van der Waals surface area contributed by atoms with Gasteiger partial charge in [-0.1, -0.05) is 62.3 Å². The highest BCUT2D eigenvalue weighted by molar-refractivity contribution is 5.79. The van der Waals surface area contributed by atoms with Crippen LogP contribution in [0.4, 0.5) is 0 Å². The van der Waals surface area contributed by atoms with Crippen LogP contribution in [0.2, 0.25) is 0 Å². The first-order valence-electron chi connectivity index (χ1n) is 8.90. The molecule has 0 heterocycles. The summed E-state index contributed by atoms with van der Waals surface area (Å²) in [5, 5.41) is 3.28. The smallest absolute Gasteiger partial charge is 0.223 e. The Morgan fingerprint density at radius 3 is 1.73 bits per heavy atom. The van der Waals surface area contributed by atoms with E-state index in [4.69, 9.17) is 0 Å². The minimum Gasteiger partial charge on any atom is -0.351 e. The van der Waals surface area contributed by atoms with Crippen molar-refractivity contribution in [2.45, 2.75) is 94.5 Å². The SMILES string of the molecule is CC(CC(C)C(C)(C)C)C(=O)NC(C)(C)CC(C)(C)C(C)C. The topological polar surface area (TPSA) is 29.1 Å². The molecule has 2 nitrogen and oxygen atoms in total. The van der Waals surface area contributed by atoms with Gasteiger partial charge in [0.25, 0.3) is 0 Å². The number of hydrogen-bond donors (Lipinski definition) is 1. The molecule has 0 aliphatic rings. The molecule has 2 atom stereocenters. The second kappa shape index (κ2) is 7.36. The number of amides is 1. The van der Waals surface area contributed by atoms with Crippen molar-refractivity contribution >= 4 is 5.91 Å². The third kappa shape index (κ3) is 7.15. The van der Waals surface area contributed by atoms with Crippen molar-refractivity contribution in [3.8, 4) is 0 Å². The van der Waals surface area contributed by atoms with Crippen LogP contribution in [0.1, 0.15) is 89.0 Å². The number of carbonyl (C=O) groups is 1. The van der Waals surface area contributed by atoms with Gasteiger partial charge in [-0.25, -0.2) is 0 Å². The van der Waals surface area contributed by atoms with Crippen molar-refractivity contribution in [1.82, 2.24) is 5.32 Å². The van der Waals surface area contributed by atoms with E-state index in [1.54, 1.807) is 0 Å². The lowest BCUT2D eigenvalue weighted by Gasteiger charge is -2.39. The fourth-order valence-corrected chi connectivity index (χ4v) is 2.83. The Bertz CT molecular complexity index is 360. The molecule has 0 aliphatic carbocycles. The highest BCUT2D eigenvalue weighted by atomic mass is 16.2. The molecular weight excluding hydrogens is 270 g/mol. The van der Waals surface area contributed by atoms with E-state index in [9.17, 15) is 4.79 Å². The summed E-state index contributed by atoms with van der Waals surface area (Å²) in [7, 11) is 0. The molecule has 1 N–H and O–H groups in total. The molecule has 0 aromatic carbocycles. The average molecular weight is 312 g/mol. The zero-order chi connectivity index (χ0) is 17.9. The molecular formula is C20H41NO. The van der Waals surface area contributed by atoms with Gasteiger partial charge in [0.1, 0.15) is 0 Å². The van der Waals surface area contributed by atoms with Crippen LogP contribution in [-0.2, 0) is 4.79 Å². The summed E-state index contributed by atoms with van der Waals surface area (Å²) in [6.07, 6.45) is 1.93. The van der Waals surface area contributed by atoms with E-state index >= 15 is 0 Å². The summed E-state index contributed by atoms with van der Waals surface area (Å²) in [5.74, 6) is 1.39. The highest BCUT2D eigenvalue weighted by Crippen LogP contribution is 2.35. The Balaban J connectivity index is 4.69. The maximum atomic E-state index is 12.6. The van der Waals surface area contributed by atoms with E-state index in [2.05, 4.69) is 81.5 Å². The number of carbonyl (C=O) groups excluding carboxylic acids is 1. The van der Waals surface area contributed by atoms with Gasteiger partial charge in [0.15, 0.2) is 0 Å². The highest BCUT2D eigenvalue weighted by Gasteiger charge is 2.33. The molecule has 0 aliphatic heterocycles. The predicted octanol–water partition coefficient (Wildman–Crippen LogP) is 5.66. The van der Waals surface area contributed by atoms with Crippen LogP contribution in [0.5, 0.6) is 0 Å². The van der Waals surface area contributed by atoms with Crippen molar-refractivity contribution in [2.24, 2.45) is 28.6 Å². The first kappa shape index (κ1) is 21.5. The summed E-state index contributed by atoms with van der Waals surface area (Å²) in [5.41, 5.74) is 0.312. The fourth-order valence-electron chi connectivity index (χ4n) is 2.83. The standard InChI is InChI=1S/C20H41NO/c1-14(2)19(8,9)13-20(10,11)21-17(22)15(3)12-16(4)18(5,6)7/h14-16H,12-13H2,1-11H3,(H,21,22). The molecule has 22 heavy (non-hydrogen) atoms. The molecule has 0 aromatic rings. The largest absolute Gasteiger partial charge is 0.351 e. The first-order chi connectivity index (χ1) is 9.58. The molecule has 0 rings (SSSR count). The van der Waals surface area contributed by atoms with E-state index < -0.39 is 0 Å². The van der Waals surface area contributed by atoms with Gasteiger partial charge in [0, 0.05) is 11.5 Å². The lowest BCUT2D eigenvalue weighted by Crippen LogP contribution is -2.49. The van der Waals surface area contributed by atoms with E-state index in [0.29, 0.717) is 11.8 Å². The molecule has 0 radical (unpaired) electrons. The van der Waals surface area contributed by atoms with E-state index in [1.807, 2.05) is 0 Å². The Hall–Kier alpha value is -0.530. The van der Waals surface area contributed by atoms with Crippen LogP contribution in [0.25, 0.3) is 0 Å². The molecule has 0 bridgehead atoms. The van der Waals surface area contributed by atoms with E-state index in [-0.39, 0.29) is 28.2 Å². The molecule has 0 spiro atoms. The van der Waals surface area contributed by atoms with Gasteiger partial charge < -0.3 is 5.32 Å². The molecule has 2 unspecified atom stereocenters. The minimum absolute atomic E-state index is 0.0654. The zero-order valence-electron chi connectivity index (χ0n) is 17.1. The molecule has 0 saturated heterocycles. The molecule has 132 valence electrons. The Labute approximate surface area is 139 Å². The van der Waals surface area contributed by atoms with Crippen molar-refractivity contribution in [1.29, 1.82) is 0 Å². The van der Waals surface area contributed by atoms with Crippen LogP contribution in [0, 0.1) is 28.6 Å². The van der Waals surface area contributed by atoms with Gasteiger partial charge in [0.2, 0.25) is 5.91 Å². The fraction of sp³-hybridized carbons (Fsp3) is 0.950. The first-order valence-corrected chi connectivity index (χ1v) is 8.90. The average Bonchev–Trinajstić information content (AvgIpc) is 2.24. The monoisotopic (exact) mass is 311 g/mol. The third-order valence-corrected chi connectivity index (χ3v) is 5.56. The summed E-state index contributed by atoms with van der Waals surface area (Å²) in [6.45, 7) is 24.4. The van der Waals surface area contributed by atoms with Gasteiger partial charge in [-0.15, -0.1) is 0 Å². The number of hydrogen-bond acceptors (Lipinski definition) is 1. The quantitative estimate of drug-likeness (QED) is 0.645. The summed E-state index contributed by atoms with van der Waals surface area (Å²) >= 11 is 0. The summed E-state index contributed by atoms with van der Waals surface area (Å²) in [6, 6.07) is 0. The van der Waals surface area contributed by atoms with Crippen molar-refractivity contribution in [3.63, 3.8) is 0 Å². The maximum Gasteiger partial charge on any atom is 0.223 e. The maximum absolute atomic E-state index is 12.6. The Kier molecular flexibility index (Phi) is 7.18. The molecule has 1 amide bonds. The van der Waals surface area contributed by atoms with Gasteiger partial charge in [-0.05, 0) is 49.4 Å². The zero-order valence-corrected chi connectivity index (χ0v) is 17.1. The molecule has 2 heteroatoms. The van der Waals surface area contributed by atoms with E-state index in [1.165, 1.54) is 0 Å². The molecule has 0 saturated carbocycles. The van der Waals surface area contributed by atoms with Gasteiger partial charge >= 0.3 is 0 Å². The number of rotatable bonds is 7. The van der Waals surface area contributed by atoms with Gasteiger partial charge in [0.05, 0.1) is 0 Å². The van der Waals surface area contributed by atoms with Crippen LogP contribution in [0.3, 0.4) is 0 Å². The molecule has 0 fully saturated rings. The van der Waals surface area contributed by atoms with Crippen LogP contribution >= 0.6 is 0 Å². The summed E-state index contributed by atoms with van der Waals surface area (Å²) in [4.78, 5) is 12.6. The van der Waals surface area contributed by atoms with Gasteiger partial charge in [-0.2, -0.15) is 0 Å².